The summed E-state index contributed by atoms with van der Waals surface area (Å²) in [6.07, 6.45) is 2.84. The van der Waals surface area contributed by atoms with Gasteiger partial charge in [0.2, 0.25) is 0 Å². The second-order valence-electron chi connectivity index (χ2n) is 6.56. The van der Waals surface area contributed by atoms with Gasteiger partial charge in [-0.05, 0) is 36.8 Å². The number of nitrogens with one attached hydrogen (secondary N) is 1. The van der Waals surface area contributed by atoms with Crippen molar-refractivity contribution in [1.29, 1.82) is 0 Å². The van der Waals surface area contributed by atoms with E-state index in [-0.39, 0.29) is 10.8 Å². The number of halogens is 3. The number of anilines is 1. The molecular weight excluding hydrogens is 402 g/mol. The Morgan fingerprint density at radius 3 is 2.71 bits per heavy atom. The van der Waals surface area contributed by atoms with Gasteiger partial charge in [-0.3, -0.25) is 4.98 Å². The number of pyridine rings is 2. The average Bonchev–Trinajstić information content (AvgIpc) is 3.14. The minimum Gasteiger partial charge on any atom is -0.482 e. The fourth-order valence-corrected chi connectivity index (χ4v) is 3.87. The lowest BCUT2D eigenvalue weighted by Crippen LogP contribution is -2.08. The highest BCUT2D eigenvalue weighted by molar-refractivity contribution is 6.36. The maximum Gasteiger partial charge on any atom is 0.166 e. The summed E-state index contributed by atoms with van der Waals surface area (Å²) in [5, 5.41) is 3.51. The molecule has 28 heavy (non-hydrogen) atoms. The Bertz CT molecular complexity index is 1060. The summed E-state index contributed by atoms with van der Waals surface area (Å²) >= 11 is 12.3. The van der Waals surface area contributed by atoms with Crippen molar-refractivity contribution in [2.45, 2.75) is 26.1 Å². The van der Waals surface area contributed by atoms with Crippen LogP contribution in [0.2, 0.25) is 10.0 Å². The van der Waals surface area contributed by atoms with Crippen molar-refractivity contribution in [3.05, 3.63) is 69.3 Å². The lowest BCUT2D eigenvalue weighted by molar-refractivity contribution is 0.227. The predicted octanol–water partition coefficient (Wildman–Crippen LogP) is 4.91. The van der Waals surface area contributed by atoms with Crippen molar-refractivity contribution in [1.82, 2.24) is 15.3 Å². The number of hydrogen-bond acceptors (Lipinski definition) is 5. The van der Waals surface area contributed by atoms with E-state index in [0.29, 0.717) is 16.3 Å². The summed E-state index contributed by atoms with van der Waals surface area (Å²) in [5.41, 5.74) is 10.3. The molecule has 1 aliphatic rings. The first-order chi connectivity index (χ1) is 13.4. The first-order valence-electron chi connectivity index (χ1n) is 8.68. The Morgan fingerprint density at radius 1 is 1.14 bits per heavy atom. The molecule has 0 radical (unpaired) electrons. The molecule has 3 N–H and O–H groups in total. The summed E-state index contributed by atoms with van der Waals surface area (Å²) in [5.74, 6) is 0.0178. The van der Waals surface area contributed by atoms with Crippen LogP contribution in [0.15, 0.2) is 36.7 Å². The van der Waals surface area contributed by atoms with Crippen LogP contribution in [0.3, 0.4) is 0 Å². The van der Waals surface area contributed by atoms with Crippen LogP contribution in [-0.4, -0.2) is 9.97 Å². The fourth-order valence-electron chi connectivity index (χ4n) is 3.20. The first kappa shape index (κ1) is 18.9. The molecule has 1 aliphatic heterocycles. The smallest absolute Gasteiger partial charge is 0.166 e. The van der Waals surface area contributed by atoms with Gasteiger partial charge in [-0.2, -0.15) is 0 Å². The zero-order chi connectivity index (χ0) is 19.8. The van der Waals surface area contributed by atoms with E-state index in [1.807, 2.05) is 0 Å². The van der Waals surface area contributed by atoms with E-state index in [0.717, 1.165) is 35.5 Å². The number of nitrogen functional groups attached to an aromatic ring is 1. The van der Waals surface area contributed by atoms with Gasteiger partial charge in [-0.25, -0.2) is 9.37 Å². The van der Waals surface area contributed by atoms with Crippen LogP contribution in [-0.2, 0) is 13.1 Å². The maximum absolute atomic E-state index is 13.8. The third kappa shape index (κ3) is 3.51. The van der Waals surface area contributed by atoms with Crippen molar-refractivity contribution < 1.29 is 9.13 Å². The second kappa shape index (κ2) is 7.54. The molecule has 3 aromatic rings. The summed E-state index contributed by atoms with van der Waals surface area (Å²) in [7, 11) is 0. The molecule has 0 bridgehead atoms. The maximum atomic E-state index is 13.8. The minimum atomic E-state index is -0.627. The van der Waals surface area contributed by atoms with E-state index in [9.17, 15) is 4.39 Å². The van der Waals surface area contributed by atoms with Gasteiger partial charge in [0.25, 0.3) is 0 Å². The van der Waals surface area contributed by atoms with Gasteiger partial charge >= 0.3 is 0 Å². The molecular formula is C20H17Cl2FN4O. The van der Waals surface area contributed by atoms with E-state index in [4.69, 9.17) is 33.7 Å². The van der Waals surface area contributed by atoms with Crippen molar-refractivity contribution in [3.8, 4) is 16.9 Å². The highest BCUT2D eigenvalue weighted by Crippen LogP contribution is 2.37. The van der Waals surface area contributed by atoms with Gasteiger partial charge < -0.3 is 15.8 Å². The number of aromatic nitrogens is 2. The van der Waals surface area contributed by atoms with Crippen LogP contribution >= 0.6 is 23.2 Å². The molecule has 0 aliphatic carbocycles. The zero-order valence-electron chi connectivity index (χ0n) is 15.0. The number of nitrogens with two attached hydrogens (primary N) is 1. The minimum absolute atomic E-state index is 0.0713. The van der Waals surface area contributed by atoms with Gasteiger partial charge in [-0.1, -0.05) is 23.2 Å². The largest absolute Gasteiger partial charge is 0.482 e. The third-order valence-corrected chi connectivity index (χ3v) is 5.39. The van der Waals surface area contributed by atoms with Gasteiger partial charge in [0.15, 0.2) is 11.6 Å². The molecule has 0 amide bonds. The quantitative estimate of drug-likeness (QED) is 0.588. The molecule has 3 heterocycles. The van der Waals surface area contributed by atoms with Gasteiger partial charge in [0.05, 0.1) is 10.7 Å². The highest BCUT2D eigenvalue weighted by atomic mass is 35.5. The number of ether oxygens (including phenoxy) is 1. The van der Waals surface area contributed by atoms with Crippen molar-refractivity contribution >= 4 is 29.0 Å². The van der Waals surface area contributed by atoms with Crippen LogP contribution in [0, 0.1) is 5.82 Å². The van der Waals surface area contributed by atoms with Crippen LogP contribution in [0.5, 0.6) is 5.75 Å². The summed E-state index contributed by atoms with van der Waals surface area (Å²) in [4.78, 5) is 8.72. The van der Waals surface area contributed by atoms with E-state index >= 15 is 0 Å². The topological polar surface area (TPSA) is 73.1 Å². The van der Waals surface area contributed by atoms with E-state index in [1.165, 1.54) is 12.1 Å². The Balaban J connectivity index is 1.66. The Kier molecular flexibility index (Phi) is 5.10. The molecule has 5 nitrogen and oxygen atoms in total. The van der Waals surface area contributed by atoms with E-state index in [2.05, 4.69) is 21.4 Å². The van der Waals surface area contributed by atoms with Crippen LogP contribution in [0.1, 0.15) is 29.8 Å². The van der Waals surface area contributed by atoms with Gasteiger partial charge in [-0.15, -0.1) is 0 Å². The fraction of sp³-hybridized carbons (Fsp3) is 0.200. The molecule has 1 aromatic carbocycles. The molecule has 4 rings (SSSR count). The van der Waals surface area contributed by atoms with Gasteiger partial charge in [0, 0.05) is 47.2 Å². The number of benzene rings is 1. The molecule has 0 spiro atoms. The van der Waals surface area contributed by atoms with Gasteiger partial charge in [0.1, 0.15) is 11.9 Å². The Hall–Kier alpha value is -2.41. The number of rotatable bonds is 4. The van der Waals surface area contributed by atoms with Crippen LogP contribution in [0.25, 0.3) is 11.1 Å². The lowest BCUT2D eigenvalue weighted by atomic mass is 10.1. The molecule has 8 heteroatoms. The number of nitrogens with zero attached hydrogens (tertiary/aromatic N) is 2. The number of fused-ring (bicyclic) bond motifs is 1. The predicted molar refractivity (Wildman–Crippen MR) is 108 cm³/mol. The highest BCUT2D eigenvalue weighted by Gasteiger charge is 2.20. The lowest BCUT2D eigenvalue weighted by Gasteiger charge is -2.19. The standard InChI is InChI=1S/C20H17Cl2FN4O/c1-10(18-14(21)2-3-15(23)19(18)22)28-17-5-12(8-27-20(17)24)11-4-13-6-25-9-16(13)26-7-11/h2-5,7-8,10,25H,6,9H2,1H3,(H2,24,27)/t10-/m1/s1. The summed E-state index contributed by atoms with van der Waals surface area (Å²) < 4.78 is 19.8. The Morgan fingerprint density at radius 2 is 1.89 bits per heavy atom. The molecule has 0 fully saturated rings. The second-order valence-corrected chi connectivity index (χ2v) is 7.34. The molecule has 144 valence electrons. The van der Waals surface area contributed by atoms with E-state index in [1.54, 1.807) is 25.4 Å². The van der Waals surface area contributed by atoms with Crippen LogP contribution < -0.4 is 15.8 Å². The van der Waals surface area contributed by atoms with E-state index < -0.39 is 11.9 Å². The number of hydrogen-bond donors (Lipinski definition) is 2. The molecule has 0 saturated heterocycles. The Labute approximate surface area is 171 Å². The normalized spacial score (nSPS) is 14.0. The SMILES string of the molecule is C[C@@H](Oc1cc(-c2cnc3c(c2)CNC3)cnc1N)c1c(Cl)ccc(F)c1Cl. The first-order valence-corrected chi connectivity index (χ1v) is 9.44. The zero-order valence-corrected chi connectivity index (χ0v) is 16.5. The van der Waals surface area contributed by atoms with Crippen LogP contribution in [0.4, 0.5) is 10.2 Å². The van der Waals surface area contributed by atoms with Crippen molar-refractivity contribution in [2.75, 3.05) is 5.73 Å². The monoisotopic (exact) mass is 418 g/mol. The average molecular weight is 419 g/mol. The summed E-state index contributed by atoms with van der Waals surface area (Å²) in [6, 6.07) is 6.52. The van der Waals surface area contributed by atoms with Crippen molar-refractivity contribution in [3.63, 3.8) is 0 Å². The molecule has 2 aromatic heterocycles. The molecule has 0 unspecified atom stereocenters. The third-order valence-electron chi connectivity index (χ3n) is 4.67. The summed E-state index contributed by atoms with van der Waals surface area (Å²) in [6.45, 7) is 3.29. The molecule has 0 saturated carbocycles. The van der Waals surface area contributed by atoms with Crippen molar-refractivity contribution in [2.24, 2.45) is 0 Å². The molecule has 1 atom stereocenters.